The number of carbonyl (C=O) groups is 5. The summed E-state index contributed by atoms with van der Waals surface area (Å²) in [4.78, 5) is 49.2. The van der Waals surface area contributed by atoms with Crippen molar-refractivity contribution in [3.8, 4) is 0 Å². The van der Waals surface area contributed by atoms with Crippen molar-refractivity contribution in [2.75, 3.05) is 5.75 Å². The first-order valence-electron chi connectivity index (χ1n) is 6.75. The van der Waals surface area contributed by atoms with E-state index in [4.69, 9.17) is 42.7 Å². The molecule has 3 atom stereocenters. The Morgan fingerprint density at radius 1 is 0.692 bits per heavy atom. The van der Waals surface area contributed by atoms with Crippen molar-refractivity contribution < 1.29 is 49.5 Å². The van der Waals surface area contributed by atoms with Crippen LogP contribution < -0.4 is 17.2 Å². The van der Waals surface area contributed by atoms with E-state index in [2.05, 4.69) is 12.6 Å². The number of rotatable bonds is 9. The lowest BCUT2D eigenvalue weighted by molar-refractivity contribution is -0.144. The Balaban J connectivity index is -0.000000310. The summed E-state index contributed by atoms with van der Waals surface area (Å²) in [7, 11) is 0. The van der Waals surface area contributed by atoms with Gasteiger partial charge in [-0.25, -0.2) is 0 Å². The molecular weight excluding hydrogens is 378 g/mol. The highest BCUT2D eigenvalue weighted by Crippen LogP contribution is 1.93. The Hall–Kier alpha value is -2.42. The summed E-state index contributed by atoms with van der Waals surface area (Å²) in [6, 6.07) is -3.16. The lowest BCUT2D eigenvalue weighted by atomic mass is 10.2. The van der Waals surface area contributed by atoms with Gasteiger partial charge < -0.3 is 42.7 Å². The van der Waals surface area contributed by atoms with Crippen LogP contribution in [0.5, 0.6) is 0 Å². The SMILES string of the molecule is N[C@@H](CC(=O)O)C(=O)O.N[C@@H](CCC(=O)O)C(=O)O.N[C@@H](CS)C(=O)O. The van der Waals surface area contributed by atoms with E-state index < -0.39 is 54.4 Å². The second-order valence-corrected chi connectivity index (χ2v) is 4.91. The largest absolute Gasteiger partial charge is 0.481 e. The number of aliphatic carboxylic acids is 5. The fraction of sp³-hybridized carbons (Fsp3) is 0.583. The van der Waals surface area contributed by atoms with E-state index >= 15 is 0 Å². The van der Waals surface area contributed by atoms with E-state index in [0.717, 1.165) is 0 Å². The first-order chi connectivity index (χ1) is 11.8. The van der Waals surface area contributed by atoms with Crippen molar-refractivity contribution in [1.82, 2.24) is 0 Å². The third-order valence-electron chi connectivity index (χ3n) is 2.21. The maximum atomic E-state index is 9.99. The van der Waals surface area contributed by atoms with Crippen LogP contribution in [0, 0.1) is 0 Å². The lowest BCUT2D eigenvalue weighted by Crippen LogP contribution is -2.32. The molecule has 0 saturated heterocycles. The van der Waals surface area contributed by atoms with Crippen molar-refractivity contribution >= 4 is 42.5 Å². The second kappa shape index (κ2) is 16.1. The molecule has 152 valence electrons. The molecule has 0 amide bonds. The van der Waals surface area contributed by atoms with Crippen molar-refractivity contribution in [3.05, 3.63) is 0 Å². The predicted octanol–water partition coefficient (Wildman–Crippen LogP) is -2.54. The van der Waals surface area contributed by atoms with Crippen LogP contribution in [0.4, 0.5) is 0 Å². The van der Waals surface area contributed by atoms with Gasteiger partial charge in [-0.2, -0.15) is 12.6 Å². The molecule has 0 bridgehead atoms. The third kappa shape index (κ3) is 21.6. The molecule has 0 aliphatic carbocycles. The van der Waals surface area contributed by atoms with E-state index in [0.29, 0.717) is 0 Å². The van der Waals surface area contributed by atoms with Gasteiger partial charge in [0, 0.05) is 12.2 Å². The molecule has 0 heterocycles. The Morgan fingerprint density at radius 2 is 1.08 bits per heavy atom. The van der Waals surface area contributed by atoms with Crippen molar-refractivity contribution in [3.63, 3.8) is 0 Å². The Kier molecular flexibility index (Phi) is 17.5. The monoisotopic (exact) mass is 401 g/mol. The molecule has 0 fully saturated rings. The van der Waals surface area contributed by atoms with Gasteiger partial charge in [0.1, 0.15) is 18.1 Å². The van der Waals surface area contributed by atoms with Gasteiger partial charge in [0.2, 0.25) is 0 Å². The molecule has 0 aromatic heterocycles. The molecule has 0 saturated carbocycles. The molecule has 0 radical (unpaired) electrons. The average molecular weight is 401 g/mol. The molecule has 0 aromatic rings. The standard InChI is InChI=1S/C5H9NO4.C4H7NO4.C3H7NO2S/c6-3(5(9)10)1-2-4(7)8;5-2(4(8)9)1-3(6)7;4-2(1-7)3(5)6/h3H,1-2,6H2,(H,7,8)(H,9,10);2H,1,5H2,(H,6,7)(H,8,9);2,7H,1,4H2,(H,5,6)/t3-;2*2-/m000/s1. The van der Waals surface area contributed by atoms with Crippen molar-refractivity contribution in [1.29, 1.82) is 0 Å². The predicted molar refractivity (Wildman–Crippen MR) is 89.8 cm³/mol. The molecule has 14 heteroatoms. The fourth-order valence-electron chi connectivity index (χ4n) is 0.756. The first-order valence-corrected chi connectivity index (χ1v) is 7.39. The van der Waals surface area contributed by atoms with Crippen LogP contribution in [0.15, 0.2) is 0 Å². The number of hydrogen-bond acceptors (Lipinski definition) is 9. The molecule has 26 heavy (non-hydrogen) atoms. The topological polar surface area (TPSA) is 265 Å². The Labute approximate surface area is 153 Å². The van der Waals surface area contributed by atoms with E-state index in [1.165, 1.54) is 0 Å². The second-order valence-electron chi connectivity index (χ2n) is 4.55. The highest BCUT2D eigenvalue weighted by Gasteiger charge is 2.14. The maximum Gasteiger partial charge on any atom is 0.321 e. The van der Waals surface area contributed by atoms with Gasteiger partial charge >= 0.3 is 29.8 Å². The van der Waals surface area contributed by atoms with Gasteiger partial charge in [0.15, 0.2) is 0 Å². The minimum absolute atomic E-state index is 0.0231. The van der Waals surface area contributed by atoms with Crippen LogP contribution in [0.2, 0.25) is 0 Å². The number of nitrogens with two attached hydrogens (primary N) is 3. The molecule has 13 nitrogen and oxygen atoms in total. The summed E-state index contributed by atoms with van der Waals surface area (Å²) in [6.07, 6.45) is -0.756. The number of carboxylic acids is 5. The molecule has 11 N–H and O–H groups in total. The van der Waals surface area contributed by atoms with Crippen LogP contribution in [-0.2, 0) is 24.0 Å². The summed E-state index contributed by atoms with van der Waals surface area (Å²) in [5.74, 6) is -5.51. The fourth-order valence-corrected chi connectivity index (χ4v) is 0.912. The van der Waals surface area contributed by atoms with Gasteiger partial charge in [0.05, 0.1) is 6.42 Å². The Morgan fingerprint density at radius 3 is 1.23 bits per heavy atom. The van der Waals surface area contributed by atoms with Crippen molar-refractivity contribution in [2.24, 2.45) is 17.2 Å². The van der Waals surface area contributed by atoms with Crippen molar-refractivity contribution in [2.45, 2.75) is 37.4 Å². The van der Waals surface area contributed by atoms with Gasteiger partial charge in [-0.1, -0.05) is 0 Å². The zero-order valence-corrected chi connectivity index (χ0v) is 14.4. The van der Waals surface area contributed by atoms with Crippen LogP contribution in [-0.4, -0.2) is 79.3 Å². The van der Waals surface area contributed by atoms with Gasteiger partial charge in [-0.05, 0) is 6.42 Å². The smallest absolute Gasteiger partial charge is 0.321 e. The minimum Gasteiger partial charge on any atom is -0.481 e. The van der Waals surface area contributed by atoms with Crippen LogP contribution in [0.1, 0.15) is 19.3 Å². The summed E-state index contributed by atoms with van der Waals surface area (Å²) >= 11 is 3.65. The molecule has 0 rings (SSSR count). The number of hydrogen-bond donors (Lipinski definition) is 9. The highest BCUT2D eigenvalue weighted by molar-refractivity contribution is 7.80. The van der Waals surface area contributed by atoms with E-state index in [-0.39, 0.29) is 18.6 Å². The lowest BCUT2D eigenvalue weighted by Gasteiger charge is -2.01. The summed E-state index contributed by atoms with van der Waals surface area (Å²) < 4.78 is 0. The van der Waals surface area contributed by atoms with Crippen LogP contribution in [0.25, 0.3) is 0 Å². The summed E-state index contributed by atoms with van der Waals surface area (Å²) in [5.41, 5.74) is 14.8. The Bertz CT molecular complexity index is 488. The number of thiol groups is 1. The maximum absolute atomic E-state index is 9.99. The van der Waals surface area contributed by atoms with E-state index in [1.807, 2.05) is 0 Å². The molecule has 0 aliphatic heterocycles. The molecule has 0 unspecified atom stereocenters. The quantitative estimate of drug-likeness (QED) is 0.180. The highest BCUT2D eigenvalue weighted by atomic mass is 32.1. The molecular formula is C12H23N3O10S. The van der Waals surface area contributed by atoms with Gasteiger partial charge in [-0.3, -0.25) is 24.0 Å². The van der Waals surface area contributed by atoms with Crippen LogP contribution in [0.3, 0.4) is 0 Å². The van der Waals surface area contributed by atoms with Gasteiger partial charge in [-0.15, -0.1) is 0 Å². The molecule has 0 aliphatic rings. The van der Waals surface area contributed by atoms with Gasteiger partial charge in [0.25, 0.3) is 0 Å². The molecule has 0 spiro atoms. The zero-order valence-electron chi connectivity index (χ0n) is 13.5. The first kappa shape index (κ1) is 28.4. The summed E-state index contributed by atoms with van der Waals surface area (Å²) in [5, 5.41) is 40.3. The minimum atomic E-state index is -1.29. The average Bonchev–Trinajstić information content (AvgIpc) is 2.51. The number of carboxylic acid groups (broad SMARTS) is 5. The van der Waals surface area contributed by atoms with Crippen LogP contribution >= 0.6 is 12.6 Å². The third-order valence-corrected chi connectivity index (χ3v) is 2.61. The zero-order chi connectivity index (χ0) is 21.4. The normalized spacial score (nSPS) is 12.8. The van der Waals surface area contributed by atoms with E-state index in [9.17, 15) is 24.0 Å². The summed E-state index contributed by atoms with van der Waals surface area (Å²) in [6.45, 7) is 0. The molecule has 0 aromatic carbocycles. The van der Waals surface area contributed by atoms with E-state index in [1.54, 1.807) is 0 Å².